The molecule has 2 fully saturated rings. The number of rotatable bonds is 1. The Kier molecular flexibility index (Phi) is 3.66. The van der Waals surface area contributed by atoms with Gasteiger partial charge in [-0.15, -0.1) is 0 Å². The number of likely N-dealkylation sites (tertiary alicyclic amines) is 1. The first-order chi connectivity index (χ1) is 9.45. The lowest BCUT2D eigenvalue weighted by molar-refractivity contribution is -0.160. The predicted octanol–water partition coefficient (Wildman–Crippen LogP) is 2.74. The molecular weight excluding hydrogens is 284 g/mol. The van der Waals surface area contributed by atoms with Crippen molar-refractivity contribution in [3.63, 3.8) is 0 Å². The molecule has 1 amide bonds. The molecule has 2 aliphatic rings. The molecule has 21 heavy (non-hydrogen) atoms. The fourth-order valence-corrected chi connectivity index (χ4v) is 3.20. The highest BCUT2D eigenvalue weighted by atomic mass is 19.3. The molecule has 1 aliphatic carbocycles. The van der Waals surface area contributed by atoms with Crippen LogP contribution in [0.15, 0.2) is 0 Å². The number of carbonyl (C=O) groups excluding carboxylic acids is 1. The molecule has 2 rings (SSSR count). The van der Waals surface area contributed by atoms with E-state index in [0.717, 1.165) is 0 Å². The first-order valence-corrected chi connectivity index (χ1v) is 7.04. The minimum absolute atomic E-state index is 0.0107. The molecule has 0 aromatic rings. The number of amides is 1. The Morgan fingerprint density at radius 1 is 1.29 bits per heavy atom. The quantitative estimate of drug-likeness (QED) is 0.809. The summed E-state index contributed by atoms with van der Waals surface area (Å²) >= 11 is 0. The maximum absolute atomic E-state index is 13.5. The topological polar surface area (TPSA) is 66.8 Å². The summed E-state index contributed by atoms with van der Waals surface area (Å²) in [4.78, 5) is 24.9. The van der Waals surface area contributed by atoms with Gasteiger partial charge in [0, 0.05) is 31.8 Å². The third-order valence-electron chi connectivity index (χ3n) is 4.25. The Morgan fingerprint density at radius 2 is 1.90 bits per heavy atom. The highest BCUT2D eigenvalue weighted by molar-refractivity contribution is 5.78. The molecule has 5 nitrogen and oxygen atoms in total. The average molecular weight is 305 g/mol. The van der Waals surface area contributed by atoms with Crippen molar-refractivity contribution >= 4 is 12.1 Å². The summed E-state index contributed by atoms with van der Waals surface area (Å²) in [5.41, 5.74) is -1.97. The Balaban J connectivity index is 2.18. The van der Waals surface area contributed by atoms with Gasteiger partial charge < -0.3 is 14.7 Å². The second-order valence-corrected chi connectivity index (χ2v) is 7.08. The van der Waals surface area contributed by atoms with E-state index in [0.29, 0.717) is 0 Å². The second kappa shape index (κ2) is 4.81. The third kappa shape index (κ3) is 3.11. The van der Waals surface area contributed by atoms with Crippen molar-refractivity contribution in [1.82, 2.24) is 4.90 Å². The van der Waals surface area contributed by atoms with E-state index in [1.165, 1.54) is 4.90 Å². The zero-order valence-electron chi connectivity index (χ0n) is 12.5. The molecule has 0 aromatic carbocycles. The van der Waals surface area contributed by atoms with Gasteiger partial charge in [0.1, 0.15) is 5.60 Å². The molecule has 1 N–H and O–H groups in total. The lowest BCUT2D eigenvalue weighted by Crippen LogP contribution is -2.46. The van der Waals surface area contributed by atoms with E-state index in [9.17, 15) is 23.5 Å². The van der Waals surface area contributed by atoms with Crippen molar-refractivity contribution in [2.24, 2.45) is 11.3 Å². The van der Waals surface area contributed by atoms with Crippen LogP contribution in [0, 0.1) is 11.3 Å². The Hall–Kier alpha value is -1.40. The van der Waals surface area contributed by atoms with Crippen molar-refractivity contribution in [3.05, 3.63) is 0 Å². The van der Waals surface area contributed by atoms with Gasteiger partial charge in [-0.3, -0.25) is 4.79 Å². The Morgan fingerprint density at radius 3 is 2.43 bits per heavy atom. The lowest BCUT2D eigenvalue weighted by atomic mass is 9.67. The average Bonchev–Trinajstić information content (AvgIpc) is 2.65. The summed E-state index contributed by atoms with van der Waals surface area (Å²) in [6.45, 7) is 5.06. The summed E-state index contributed by atoms with van der Waals surface area (Å²) in [7, 11) is 0. The molecule has 120 valence electrons. The van der Waals surface area contributed by atoms with Gasteiger partial charge in [-0.2, -0.15) is 0 Å². The van der Waals surface area contributed by atoms with E-state index < -0.39 is 47.8 Å². The van der Waals surface area contributed by atoms with Crippen molar-refractivity contribution in [1.29, 1.82) is 0 Å². The molecular formula is C14H21F2NO4. The number of carboxylic acids is 1. The Labute approximate surface area is 122 Å². The normalized spacial score (nSPS) is 31.7. The van der Waals surface area contributed by atoms with Crippen LogP contribution in [0.1, 0.15) is 40.0 Å². The molecule has 1 heterocycles. The smallest absolute Gasteiger partial charge is 0.410 e. The zero-order chi connectivity index (χ0) is 16.1. The molecule has 7 heteroatoms. The van der Waals surface area contributed by atoms with Crippen LogP contribution in [0.25, 0.3) is 0 Å². The molecule has 0 radical (unpaired) electrons. The number of carbonyl (C=O) groups is 2. The van der Waals surface area contributed by atoms with Gasteiger partial charge in [0.15, 0.2) is 0 Å². The summed E-state index contributed by atoms with van der Waals surface area (Å²) in [6.07, 6.45) is -1.68. The van der Waals surface area contributed by atoms with Crippen LogP contribution >= 0.6 is 0 Å². The van der Waals surface area contributed by atoms with E-state index in [4.69, 9.17) is 4.74 Å². The van der Waals surface area contributed by atoms with E-state index in [-0.39, 0.29) is 19.5 Å². The van der Waals surface area contributed by atoms with Crippen LogP contribution in [-0.2, 0) is 9.53 Å². The second-order valence-electron chi connectivity index (χ2n) is 7.08. The summed E-state index contributed by atoms with van der Waals surface area (Å²) in [6, 6.07) is 0. The highest BCUT2D eigenvalue weighted by Crippen LogP contribution is 2.51. The molecule has 0 spiro atoms. The van der Waals surface area contributed by atoms with E-state index >= 15 is 0 Å². The standard InChI is InChI=1S/C14H21F2NO4/c1-12(2,3)21-11(20)17-7-9-6-14(15,16)5-4-13(9,8-17)10(18)19/h9H,4-8H2,1-3H3,(H,18,19). The molecule has 1 aliphatic heterocycles. The summed E-state index contributed by atoms with van der Waals surface area (Å²) < 4.78 is 32.3. The minimum atomic E-state index is -2.85. The van der Waals surface area contributed by atoms with Gasteiger partial charge in [0.2, 0.25) is 5.92 Å². The van der Waals surface area contributed by atoms with Crippen LogP contribution in [-0.4, -0.2) is 46.7 Å². The molecule has 1 saturated heterocycles. The predicted molar refractivity (Wildman–Crippen MR) is 70.2 cm³/mol. The van der Waals surface area contributed by atoms with Crippen LogP contribution in [0.5, 0.6) is 0 Å². The van der Waals surface area contributed by atoms with Gasteiger partial charge >= 0.3 is 12.1 Å². The van der Waals surface area contributed by atoms with Gasteiger partial charge in [-0.05, 0) is 27.2 Å². The first-order valence-electron chi connectivity index (χ1n) is 7.04. The van der Waals surface area contributed by atoms with E-state index in [1.807, 2.05) is 0 Å². The molecule has 0 bridgehead atoms. The van der Waals surface area contributed by atoms with Gasteiger partial charge in [-0.1, -0.05) is 0 Å². The lowest BCUT2D eigenvalue weighted by Gasteiger charge is -2.37. The van der Waals surface area contributed by atoms with Gasteiger partial charge in [-0.25, -0.2) is 13.6 Å². The van der Waals surface area contributed by atoms with Crippen molar-refractivity contribution in [2.75, 3.05) is 13.1 Å². The van der Waals surface area contributed by atoms with E-state index in [1.54, 1.807) is 20.8 Å². The van der Waals surface area contributed by atoms with Gasteiger partial charge in [0.05, 0.1) is 5.41 Å². The maximum atomic E-state index is 13.5. The van der Waals surface area contributed by atoms with Crippen LogP contribution in [0.4, 0.5) is 13.6 Å². The number of carboxylic acid groups (broad SMARTS) is 1. The molecule has 2 atom stereocenters. The SMILES string of the molecule is CC(C)(C)OC(=O)N1CC2CC(F)(F)CCC2(C(=O)O)C1. The number of halogens is 2. The highest BCUT2D eigenvalue weighted by Gasteiger charge is 2.60. The summed E-state index contributed by atoms with van der Waals surface area (Å²) in [5, 5.41) is 9.48. The van der Waals surface area contributed by atoms with Crippen molar-refractivity contribution in [3.8, 4) is 0 Å². The number of fused-ring (bicyclic) bond motifs is 1. The molecule has 0 aromatic heterocycles. The molecule has 1 saturated carbocycles. The monoisotopic (exact) mass is 305 g/mol. The largest absolute Gasteiger partial charge is 0.481 e. The van der Waals surface area contributed by atoms with Crippen molar-refractivity contribution in [2.45, 2.75) is 51.6 Å². The third-order valence-corrected chi connectivity index (χ3v) is 4.25. The number of hydrogen-bond donors (Lipinski definition) is 1. The number of ether oxygens (including phenoxy) is 1. The van der Waals surface area contributed by atoms with Crippen molar-refractivity contribution < 1.29 is 28.2 Å². The van der Waals surface area contributed by atoms with Crippen LogP contribution in [0.3, 0.4) is 0 Å². The van der Waals surface area contributed by atoms with E-state index in [2.05, 4.69) is 0 Å². The Bertz CT molecular complexity index is 460. The minimum Gasteiger partial charge on any atom is -0.481 e. The van der Waals surface area contributed by atoms with Crippen LogP contribution < -0.4 is 0 Å². The summed E-state index contributed by atoms with van der Waals surface area (Å²) in [5.74, 6) is -4.69. The zero-order valence-corrected chi connectivity index (χ0v) is 12.5. The maximum Gasteiger partial charge on any atom is 0.410 e. The number of hydrogen-bond acceptors (Lipinski definition) is 3. The molecule has 2 unspecified atom stereocenters. The fourth-order valence-electron chi connectivity index (χ4n) is 3.20. The van der Waals surface area contributed by atoms with Crippen LogP contribution in [0.2, 0.25) is 0 Å². The number of alkyl halides is 2. The van der Waals surface area contributed by atoms with Gasteiger partial charge in [0.25, 0.3) is 0 Å². The first kappa shape index (κ1) is 16.0. The fraction of sp³-hybridized carbons (Fsp3) is 0.857. The number of aliphatic carboxylic acids is 1. The number of nitrogens with zero attached hydrogens (tertiary/aromatic N) is 1.